The molecule has 4 aliphatic rings. The van der Waals surface area contributed by atoms with E-state index in [-0.39, 0.29) is 24.2 Å². The molecule has 0 aromatic rings. The number of hydrogen-bond donors (Lipinski definition) is 2. The van der Waals surface area contributed by atoms with Gasteiger partial charge in [-0.15, -0.1) is 0 Å². The maximum Gasteiger partial charge on any atom is 0.397 e. The molecule has 2 N–H and O–H groups in total. The lowest BCUT2D eigenvalue weighted by atomic mass is 9.44. The van der Waals surface area contributed by atoms with Crippen molar-refractivity contribution < 1.29 is 34.3 Å². The van der Waals surface area contributed by atoms with Gasteiger partial charge in [-0.25, -0.2) is 8.37 Å². The maximum atomic E-state index is 11.6. The maximum absolute atomic E-state index is 11.6. The quantitative estimate of drug-likeness (QED) is 0.322. The van der Waals surface area contributed by atoms with Crippen molar-refractivity contribution in [2.45, 2.75) is 117 Å². The zero-order valence-electron chi connectivity index (χ0n) is 23.1. The fourth-order valence-electron chi connectivity index (χ4n) is 9.77. The third-order valence-electron chi connectivity index (χ3n) is 11.3. The highest BCUT2D eigenvalue weighted by molar-refractivity contribution is 7.81. The SMILES string of the molecule is CC(C)CCC[C@@H](C)[C@H]1CCC2C3CC[C@H]4C[C@H](OS(=O)(=O)O)[C@@H](OS(=O)(=O)O)C[C@]4(C)C3CC[C@@]21C. The third kappa shape index (κ3) is 6.24. The molecule has 8 nitrogen and oxygen atoms in total. The molecular formula is C27H48O8S2. The van der Waals surface area contributed by atoms with Gasteiger partial charge in [0, 0.05) is 0 Å². The fraction of sp³-hybridized carbons (Fsp3) is 1.00. The van der Waals surface area contributed by atoms with Crippen LogP contribution in [0.25, 0.3) is 0 Å². The summed E-state index contributed by atoms with van der Waals surface area (Å²) in [6, 6.07) is 0. The summed E-state index contributed by atoms with van der Waals surface area (Å²) in [6.07, 6.45) is 8.88. The van der Waals surface area contributed by atoms with Crippen LogP contribution in [0.1, 0.15) is 105 Å². The molecule has 10 atom stereocenters. The van der Waals surface area contributed by atoms with E-state index in [1.165, 1.54) is 32.1 Å². The largest absolute Gasteiger partial charge is 0.397 e. The Hall–Kier alpha value is -0.260. The average molecular weight is 565 g/mol. The van der Waals surface area contributed by atoms with Gasteiger partial charge in [0.25, 0.3) is 0 Å². The van der Waals surface area contributed by atoms with Crippen molar-refractivity contribution >= 4 is 20.8 Å². The Kier molecular flexibility index (Phi) is 8.53. The molecule has 0 radical (unpaired) electrons. The molecular weight excluding hydrogens is 516 g/mol. The normalized spacial score (nSPS) is 43.2. The van der Waals surface area contributed by atoms with Gasteiger partial charge in [0.1, 0.15) is 12.2 Å². The lowest BCUT2D eigenvalue weighted by molar-refractivity contribution is -0.152. The molecule has 10 heteroatoms. The van der Waals surface area contributed by atoms with Crippen molar-refractivity contribution in [3.63, 3.8) is 0 Å². The number of rotatable bonds is 9. The molecule has 216 valence electrons. The second-order valence-corrected chi connectivity index (χ2v) is 15.8. The fourth-order valence-corrected chi connectivity index (χ4v) is 10.8. The van der Waals surface area contributed by atoms with Crippen molar-refractivity contribution in [2.75, 3.05) is 0 Å². The summed E-state index contributed by atoms with van der Waals surface area (Å²) in [5.74, 6) is 3.94. The summed E-state index contributed by atoms with van der Waals surface area (Å²) >= 11 is 0. The van der Waals surface area contributed by atoms with Gasteiger partial charge in [-0.3, -0.25) is 9.11 Å². The Bertz CT molecular complexity index is 1030. The summed E-state index contributed by atoms with van der Waals surface area (Å²) in [6.45, 7) is 11.8. The van der Waals surface area contributed by atoms with Gasteiger partial charge in [-0.1, -0.05) is 53.9 Å². The molecule has 0 amide bonds. The summed E-state index contributed by atoms with van der Waals surface area (Å²) < 4.78 is 74.8. The molecule has 3 unspecified atom stereocenters. The van der Waals surface area contributed by atoms with Gasteiger partial charge >= 0.3 is 20.8 Å². The molecule has 0 saturated heterocycles. The minimum atomic E-state index is -4.82. The topological polar surface area (TPSA) is 127 Å². The molecule has 4 fully saturated rings. The average Bonchev–Trinajstić information content (AvgIpc) is 3.09. The molecule has 0 spiro atoms. The van der Waals surface area contributed by atoms with E-state index in [2.05, 4.69) is 34.6 Å². The lowest BCUT2D eigenvalue weighted by Gasteiger charge is -2.62. The highest BCUT2D eigenvalue weighted by Gasteiger charge is 2.62. The summed E-state index contributed by atoms with van der Waals surface area (Å²) in [5.41, 5.74) is 0.0802. The molecule has 0 aliphatic heterocycles. The van der Waals surface area contributed by atoms with Crippen LogP contribution in [0.2, 0.25) is 0 Å². The van der Waals surface area contributed by atoms with Crippen LogP contribution >= 0.6 is 0 Å². The minimum Gasteiger partial charge on any atom is -0.264 e. The van der Waals surface area contributed by atoms with Gasteiger partial charge in [0.15, 0.2) is 0 Å². The molecule has 37 heavy (non-hydrogen) atoms. The minimum absolute atomic E-state index is 0.137. The van der Waals surface area contributed by atoms with Gasteiger partial charge in [0.2, 0.25) is 0 Å². The Morgan fingerprint density at radius 3 is 2.05 bits per heavy atom. The molecule has 0 bridgehead atoms. The monoisotopic (exact) mass is 564 g/mol. The van der Waals surface area contributed by atoms with E-state index in [0.717, 1.165) is 43.4 Å². The van der Waals surface area contributed by atoms with E-state index < -0.39 is 33.0 Å². The van der Waals surface area contributed by atoms with Gasteiger partial charge < -0.3 is 0 Å². The first kappa shape index (κ1) is 29.7. The Labute approximate surface area is 224 Å². The molecule has 4 aliphatic carbocycles. The van der Waals surface area contributed by atoms with E-state index in [1.54, 1.807) is 0 Å². The van der Waals surface area contributed by atoms with E-state index in [9.17, 15) is 25.9 Å². The van der Waals surface area contributed by atoms with Gasteiger partial charge in [0.05, 0.1) is 0 Å². The lowest BCUT2D eigenvalue weighted by Crippen LogP contribution is -2.57. The number of hydrogen-bond acceptors (Lipinski definition) is 6. The molecule has 0 heterocycles. The van der Waals surface area contributed by atoms with Crippen LogP contribution < -0.4 is 0 Å². The zero-order valence-corrected chi connectivity index (χ0v) is 24.8. The van der Waals surface area contributed by atoms with Crippen LogP contribution in [0, 0.1) is 52.3 Å². The predicted molar refractivity (Wildman–Crippen MR) is 141 cm³/mol. The smallest absolute Gasteiger partial charge is 0.264 e. The predicted octanol–water partition coefficient (Wildman–Crippen LogP) is 6.09. The van der Waals surface area contributed by atoms with Crippen molar-refractivity contribution in [1.29, 1.82) is 0 Å². The number of fused-ring (bicyclic) bond motifs is 5. The molecule has 4 saturated carbocycles. The van der Waals surface area contributed by atoms with Crippen molar-refractivity contribution in [3.8, 4) is 0 Å². The second-order valence-electron chi connectivity index (χ2n) is 13.8. The van der Waals surface area contributed by atoms with Crippen LogP contribution in [0.3, 0.4) is 0 Å². The first-order valence-electron chi connectivity index (χ1n) is 14.3. The third-order valence-corrected chi connectivity index (χ3v) is 12.3. The highest BCUT2D eigenvalue weighted by atomic mass is 32.3. The highest BCUT2D eigenvalue weighted by Crippen LogP contribution is 2.68. The van der Waals surface area contributed by atoms with Gasteiger partial charge in [-0.05, 0) is 104 Å². The van der Waals surface area contributed by atoms with Crippen molar-refractivity contribution in [2.24, 2.45) is 52.3 Å². The first-order chi connectivity index (χ1) is 17.0. The van der Waals surface area contributed by atoms with E-state index in [1.807, 2.05) is 0 Å². The van der Waals surface area contributed by atoms with Gasteiger partial charge in [-0.2, -0.15) is 16.8 Å². The Morgan fingerprint density at radius 2 is 1.43 bits per heavy atom. The van der Waals surface area contributed by atoms with E-state index in [0.29, 0.717) is 23.2 Å². The summed E-state index contributed by atoms with van der Waals surface area (Å²) in [5, 5.41) is 0. The summed E-state index contributed by atoms with van der Waals surface area (Å²) in [7, 11) is -9.61. The van der Waals surface area contributed by atoms with Crippen LogP contribution in [-0.2, 0) is 29.2 Å². The van der Waals surface area contributed by atoms with E-state index >= 15 is 0 Å². The zero-order chi connectivity index (χ0) is 27.4. The summed E-state index contributed by atoms with van der Waals surface area (Å²) in [4.78, 5) is 0. The standard InChI is InChI=1S/C27H48O8S2/c1-17(2)7-6-8-18(3)21-11-12-22-20-10-9-19-15-24(34-36(28,29)30)25(35-37(31,32)33)16-27(19,5)23(20)13-14-26(21,22)4/h17-25H,6-16H2,1-5H3,(H,28,29,30)(H,31,32,33)/t18-,19+,20?,21-,22?,23?,24+,25+,26-,27+/m1/s1. The van der Waals surface area contributed by atoms with E-state index in [4.69, 9.17) is 8.37 Å². The Morgan fingerprint density at radius 1 is 0.811 bits per heavy atom. The Balaban J connectivity index is 1.53. The van der Waals surface area contributed by atoms with Crippen LogP contribution in [0.5, 0.6) is 0 Å². The van der Waals surface area contributed by atoms with Crippen LogP contribution in [-0.4, -0.2) is 38.1 Å². The van der Waals surface area contributed by atoms with Crippen LogP contribution in [0.4, 0.5) is 0 Å². The molecule has 0 aromatic carbocycles. The van der Waals surface area contributed by atoms with Crippen LogP contribution in [0.15, 0.2) is 0 Å². The van der Waals surface area contributed by atoms with Crippen molar-refractivity contribution in [3.05, 3.63) is 0 Å². The molecule has 4 rings (SSSR count). The molecule has 0 aromatic heterocycles. The first-order valence-corrected chi connectivity index (χ1v) is 17.1. The second kappa shape index (κ2) is 10.6. The van der Waals surface area contributed by atoms with Crippen molar-refractivity contribution in [1.82, 2.24) is 0 Å².